The van der Waals surface area contributed by atoms with Gasteiger partial charge in [-0.25, -0.2) is 0 Å². The molecule has 0 saturated carbocycles. The summed E-state index contributed by atoms with van der Waals surface area (Å²) in [7, 11) is 0. The van der Waals surface area contributed by atoms with Crippen LogP contribution in [-0.2, 0) is 16.6 Å². The normalized spacial score (nSPS) is 15.1. The van der Waals surface area contributed by atoms with Gasteiger partial charge in [-0.05, 0) is 47.6 Å². The van der Waals surface area contributed by atoms with Gasteiger partial charge in [0, 0.05) is 12.1 Å². The number of carbonyl (C=O) groups is 1. The maximum Gasteiger partial charge on any atom is 0.269 e. The monoisotopic (exact) mass is 355 g/mol. The summed E-state index contributed by atoms with van der Waals surface area (Å²) in [4.78, 5) is 22.0. The van der Waals surface area contributed by atoms with Gasteiger partial charge in [0.25, 0.3) is 5.69 Å². The molecule has 2 atom stereocenters. The van der Waals surface area contributed by atoms with E-state index in [4.69, 9.17) is 0 Å². The highest BCUT2D eigenvalue weighted by atomic mass is 16.6. The molecule has 2 aromatic carbocycles. The lowest BCUT2D eigenvalue weighted by Crippen LogP contribution is -2.30. The summed E-state index contributed by atoms with van der Waals surface area (Å²) in [6.45, 7) is 8.10. The van der Waals surface area contributed by atoms with E-state index in [0.29, 0.717) is 12.0 Å². The van der Waals surface area contributed by atoms with E-state index >= 15 is 0 Å². The van der Waals surface area contributed by atoms with E-state index in [1.165, 1.54) is 29.8 Å². The maximum atomic E-state index is 11.8. The molecule has 0 aliphatic heterocycles. The summed E-state index contributed by atoms with van der Waals surface area (Å²) >= 11 is 0. The lowest BCUT2D eigenvalue weighted by molar-refractivity contribution is -0.384. The molecule has 0 fully saturated rings. The Balaban J connectivity index is 2.23. The third-order valence-electron chi connectivity index (χ3n) is 4.72. The fourth-order valence-corrected chi connectivity index (χ4v) is 2.92. The van der Waals surface area contributed by atoms with E-state index in [1.807, 2.05) is 24.3 Å². The number of rotatable bonds is 6. The minimum Gasteiger partial charge on any atom is -0.387 e. The number of nitrogens with zero attached hydrogens (tertiary/aromatic N) is 1. The topological polar surface area (TPSA) is 80.4 Å². The molecule has 0 saturated heterocycles. The summed E-state index contributed by atoms with van der Waals surface area (Å²) in [6, 6.07) is 13.7. The number of nitro benzene ring substituents is 1. The Kier molecular flexibility index (Phi) is 5.62. The Hall–Kier alpha value is -2.53. The molecule has 0 unspecified atom stereocenters. The van der Waals surface area contributed by atoms with Crippen molar-refractivity contribution in [2.45, 2.75) is 45.6 Å². The van der Waals surface area contributed by atoms with E-state index < -0.39 is 16.4 Å². The van der Waals surface area contributed by atoms with Crippen LogP contribution in [0.1, 0.15) is 50.5 Å². The van der Waals surface area contributed by atoms with Gasteiger partial charge < -0.3 is 9.90 Å². The van der Waals surface area contributed by atoms with Crippen molar-refractivity contribution in [3.05, 3.63) is 75.3 Å². The first-order chi connectivity index (χ1) is 12.1. The van der Waals surface area contributed by atoms with Gasteiger partial charge in [-0.3, -0.25) is 10.1 Å². The number of nitro groups is 1. The number of carbonyl (C=O) groups excluding carboxylic acids is 1. The molecule has 0 heterocycles. The SMILES string of the molecule is CC(C)(C)c1ccc(C[C@@](C)(C=O)[C@@H](O)c2ccc([N+](=O)[O-])cc2)cc1. The van der Waals surface area contributed by atoms with Crippen molar-refractivity contribution in [1.29, 1.82) is 0 Å². The number of aliphatic hydroxyl groups is 1. The van der Waals surface area contributed by atoms with Crippen molar-refractivity contribution in [2.24, 2.45) is 5.41 Å². The number of benzene rings is 2. The number of hydrogen-bond acceptors (Lipinski definition) is 4. The number of aliphatic hydroxyl groups excluding tert-OH is 1. The Morgan fingerprint density at radius 2 is 1.58 bits per heavy atom. The van der Waals surface area contributed by atoms with Crippen LogP contribution in [0.15, 0.2) is 48.5 Å². The van der Waals surface area contributed by atoms with E-state index in [-0.39, 0.29) is 11.1 Å². The van der Waals surface area contributed by atoms with Crippen molar-refractivity contribution in [2.75, 3.05) is 0 Å². The van der Waals surface area contributed by atoms with Gasteiger partial charge in [0.2, 0.25) is 0 Å². The van der Waals surface area contributed by atoms with Gasteiger partial charge in [-0.2, -0.15) is 0 Å². The summed E-state index contributed by atoms with van der Waals surface area (Å²) in [5, 5.41) is 21.5. The summed E-state index contributed by atoms with van der Waals surface area (Å²) in [6.07, 6.45) is 0.0821. The van der Waals surface area contributed by atoms with Crippen LogP contribution in [0.3, 0.4) is 0 Å². The minimum absolute atomic E-state index is 0.0464. The second-order valence-electron chi connectivity index (χ2n) is 8.00. The van der Waals surface area contributed by atoms with Crippen molar-refractivity contribution in [1.82, 2.24) is 0 Å². The molecule has 0 aliphatic rings. The predicted molar refractivity (Wildman–Crippen MR) is 101 cm³/mol. The highest BCUT2D eigenvalue weighted by molar-refractivity contribution is 5.61. The molecule has 0 radical (unpaired) electrons. The molecule has 2 rings (SSSR count). The van der Waals surface area contributed by atoms with Crippen molar-refractivity contribution in [3.8, 4) is 0 Å². The molecule has 1 N–H and O–H groups in total. The molecule has 0 amide bonds. The van der Waals surface area contributed by atoms with Crippen molar-refractivity contribution in [3.63, 3.8) is 0 Å². The minimum atomic E-state index is -1.05. The maximum absolute atomic E-state index is 11.8. The number of hydrogen-bond donors (Lipinski definition) is 1. The third-order valence-corrected chi connectivity index (χ3v) is 4.72. The fraction of sp³-hybridized carbons (Fsp3) is 0.381. The average Bonchev–Trinajstić information content (AvgIpc) is 2.60. The molecule has 5 heteroatoms. The van der Waals surface area contributed by atoms with Gasteiger partial charge >= 0.3 is 0 Å². The van der Waals surface area contributed by atoms with Gasteiger partial charge in [0.15, 0.2) is 0 Å². The fourth-order valence-electron chi connectivity index (χ4n) is 2.92. The molecule has 138 valence electrons. The van der Waals surface area contributed by atoms with E-state index in [1.54, 1.807) is 6.92 Å². The van der Waals surface area contributed by atoms with Crippen LogP contribution in [0.5, 0.6) is 0 Å². The van der Waals surface area contributed by atoms with Gasteiger partial charge in [-0.15, -0.1) is 0 Å². The standard InChI is InChI=1S/C21H25NO4/c1-20(2,3)17-9-5-15(6-10-17)13-21(4,14-23)19(24)16-7-11-18(12-8-16)22(25)26/h5-12,14,19,24H,13H2,1-4H3/t19-,21-/m0/s1. The average molecular weight is 355 g/mol. The molecule has 5 nitrogen and oxygen atoms in total. The van der Waals surface area contributed by atoms with Crippen molar-refractivity contribution < 1.29 is 14.8 Å². The third kappa shape index (κ3) is 4.35. The van der Waals surface area contributed by atoms with Crippen LogP contribution in [-0.4, -0.2) is 16.3 Å². The van der Waals surface area contributed by atoms with Crippen LogP contribution in [0.4, 0.5) is 5.69 Å². The number of non-ortho nitro benzene ring substituents is 1. The second kappa shape index (κ2) is 7.38. The molecule has 2 aromatic rings. The first-order valence-electron chi connectivity index (χ1n) is 8.55. The zero-order valence-corrected chi connectivity index (χ0v) is 15.6. The number of aldehydes is 1. The Labute approximate surface area is 153 Å². The van der Waals surface area contributed by atoms with Crippen molar-refractivity contribution >= 4 is 12.0 Å². The zero-order valence-electron chi connectivity index (χ0n) is 15.6. The van der Waals surface area contributed by atoms with Gasteiger partial charge in [0.05, 0.1) is 16.4 Å². The second-order valence-corrected chi connectivity index (χ2v) is 8.00. The summed E-state index contributed by atoms with van der Waals surface area (Å²) in [5.41, 5.74) is 1.60. The first-order valence-corrected chi connectivity index (χ1v) is 8.55. The smallest absolute Gasteiger partial charge is 0.269 e. The lowest BCUT2D eigenvalue weighted by Gasteiger charge is -2.30. The van der Waals surface area contributed by atoms with E-state index in [2.05, 4.69) is 20.8 Å². The molecular weight excluding hydrogens is 330 g/mol. The highest BCUT2D eigenvalue weighted by Crippen LogP contribution is 2.36. The predicted octanol–water partition coefficient (Wildman–Crippen LogP) is 4.37. The molecule has 0 spiro atoms. The molecule has 0 aromatic heterocycles. The van der Waals surface area contributed by atoms with Gasteiger partial charge in [-0.1, -0.05) is 45.0 Å². The zero-order chi connectivity index (χ0) is 19.5. The van der Waals surface area contributed by atoms with Crippen LogP contribution < -0.4 is 0 Å². The van der Waals surface area contributed by atoms with Crippen LogP contribution >= 0.6 is 0 Å². The van der Waals surface area contributed by atoms with Crippen LogP contribution in [0.2, 0.25) is 0 Å². The lowest BCUT2D eigenvalue weighted by atomic mass is 9.76. The van der Waals surface area contributed by atoms with Crippen LogP contribution in [0.25, 0.3) is 0 Å². The van der Waals surface area contributed by atoms with E-state index in [9.17, 15) is 20.0 Å². The van der Waals surface area contributed by atoms with Crippen LogP contribution in [0, 0.1) is 15.5 Å². The largest absolute Gasteiger partial charge is 0.387 e. The summed E-state index contributed by atoms with van der Waals surface area (Å²) in [5.74, 6) is 0. The molecular formula is C21H25NO4. The summed E-state index contributed by atoms with van der Waals surface area (Å²) < 4.78 is 0. The van der Waals surface area contributed by atoms with E-state index in [0.717, 1.165) is 11.8 Å². The Bertz CT molecular complexity index is 775. The molecule has 0 aliphatic carbocycles. The Morgan fingerprint density at radius 1 is 1.04 bits per heavy atom. The highest BCUT2D eigenvalue weighted by Gasteiger charge is 2.34. The first kappa shape index (κ1) is 19.8. The van der Waals surface area contributed by atoms with Gasteiger partial charge in [0.1, 0.15) is 6.29 Å². The molecule has 0 bridgehead atoms. The quantitative estimate of drug-likeness (QED) is 0.474. The Morgan fingerprint density at radius 3 is 2.00 bits per heavy atom. The molecule has 26 heavy (non-hydrogen) atoms.